The molecule has 0 radical (unpaired) electrons. The fourth-order valence-electron chi connectivity index (χ4n) is 0.808. The summed E-state index contributed by atoms with van der Waals surface area (Å²) in [5.74, 6) is 0.614. The van der Waals surface area contributed by atoms with Crippen LogP contribution in [0, 0.1) is 5.92 Å². The molecule has 0 aromatic rings. The first-order valence-electron chi connectivity index (χ1n) is 4.04. The quantitative estimate of drug-likeness (QED) is 0.631. The van der Waals surface area contributed by atoms with Crippen molar-refractivity contribution in [2.24, 2.45) is 5.92 Å². The van der Waals surface area contributed by atoms with Crippen molar-refractivity contribution in [1.29, 1.82) is 0 Å². The minimum atomic E-state index is 0.259. The van der Waals surface area contributed by atoms with Crippen molar-refractivity contribution in [1.82, 2.24) is 5.32 Å². The summed E-state index contributed by atoms with van der Waals surface area (Å²) in [5, 5.41) is 2.95. The lowest BCUT2D eigenvalue weighted by Gasteiger charge is -2.09. The van der Waals surface area contributed by atoms with Crippen molar-refractivity contribution in [2.75, 3.05) is 0 Å². The predicted molar refractivity (Wildman–Crippen MR) is 40.6 cm³/mol. The molecule has 58 valence electrons. The van der Waals surface area contributed by atoms with Crippen molar-refractivity contribution in [3.8, 4) is 0 Å². The Morgan fingerprint density at radius 1 is 1.70 bits per heavy atom. The van der Waals surface area contributed by atoms with E-state index in [2.05, 4.69) is 12.2 Å². The summed E-state index contributed by atoms with van der Waals surface area (Å²) in [6.45, 7) is 4.12. The number of hydrogen-bond donors (Lipinski definition) is 1. The van der Waals surface area contributed by atoms with E-state index >= 15 is 0 Å². The van der Waals surface area contributed by atoms with Gasteiger partial charge in [-0.05, 0) is 26.2 Å². The standard InChI is InChI=1S/C8H15NO/c1-3-6(2)9-8(10)7-4-5-7/h6-7H,3-5H2,1-2H3,(H,9,10). The van der Waals surface area contributed by atoms with E-state index in [4.69, 9.17) is 0 Å². The highest BCUT2D eigenvalue weighted by Gasteiger charge is 2.29. The van der Waals surface area contributed by atoms with Gasteiger partial charge in [0.1, 0.15) is 0 Å². The molecule has 1 atom stereocenters. The lowest BCUT2D eigenvalue weighted by atomic mass is 10.2. The van der Waals surface area contributed by atoms with Crippen LogP contribution in [0.5, 0.6) is 0 Å². The van der Waals surface area contributed by atoms with E-state index in [0.717, 1.165) is 19.3 Å². The van der Waals surface area contributed by atoms with Crippen LogP contribution < -0.4 is 5.32 Å². The van der Waals surface area contributed by atoms with Crippen LogP contribution >= 0.6 is 0 Å². The van der Waals surface area contributed by atoms with Gasteiger partial charge < -0.3 is 5.32 Å². The molecule has 0 aliphatic heterocycles. The molecule has 1 fully saturated rings. The van der Waals surface area contributed by atoms with E-state index in [1.165, 1.54) is 0 Å². The van der Waals surface area contributed by atoms with Crippen LogP contribution in [0.4, 0.5) is 0 Å². The van der Waals surface area contributed by atoms with Gasteiger partial charge in [-0.1, -0.05) is 6.92 Å². The van der Waals surface area contributed by atoms with E-state index in [9.17, 15) is 4.79 Å². The molecule has 0 spiro atoms. The molecule has 1 aliphatic carbocycles. The maximum absolute atomic E-state index is 11.1. The van der Waals surface area contributed by atoms with Gasteiger partial charge in [-0.2, -0.15) is 0 Å². The number of carbonyl (C=O) groups excluding carboxylic acids is 1. The molecule has 1 unspecified atom stereocenters. The number of hydrogen-bond acceptors (Lipinski definition) is 1. The molecule has 1 aliphatic rings. The average molecular weight is 141 g/mol. The van der Waals surface area contributed by atoms with Gasteiger partial charge in [0.25, 0.3) is 0 Å². The maximum Gasteiger partial charge on any atom is 0.223 e. The maximum atomic E-state index is 11.1. The first-order chi connectivity index (χ1) is 4.74. The van der Waals surface area contributed by atoms with Crippen LogP contribution in [0.3, 0.4) is 0 Å². The van der Waals surface area contributed by atoms with Crippen molar-refractivity contribution < 1.29 is 4.79 Å². The molecule has 2 nitrogen and oxygen atoms in total. The lowest BCUT2D eigenvalue weighted by molar-refractivity contribution is -0.122. The molecule has 0 aromatic heterocycles. The highest BCUT2D eigenvalue weighted by Crippen LogP contribution is 2.28. The molecule has 10 heavy (non-hydrogen) atoms. The lowest BCUT2D eigenvalue weighted by Crippen LogP contribution is -2.32. The largest absolute Gasteiger partial charge is 0.353 e. The van der Waals surface area contributed by atoms with Gasteiger partial charge in [0.2, 0.25) is 5.91 Å². The molecule has 1 rings (SSSR count). The number of rotatable bonds is 3. The molecule has 0 heterocycles. The SMILES string of the molecule is CCC(C)NC(=O)C1CC1. The normalized spacial score (nSPS) is 20.2. The van der Waals surface area contributed by atoms with Crippen LogP contribution in [0.2, 0.25) is 0 Å². The highest BCUT2D eigenvalue weighted by atomic mass is 16.2. The van der Waals surface area contributed by atoms with Crippen molar-refractivity contribution >= 4 is 5.91 Å². The second kappa shape index (κ2) is 3.04. The monoisotopic (exact) mass is 141 g/mol. The summed E-state index contributed by atoms with van der Waals surface area (Å²) in [7, 11) is 0. The Bertz CT molecular complexity index is 129. The Morgan fingerprint density at radius 2 is 2.30 bits per heavy atom. The molecule has 0 saturated heterocycles. The number of amides is 1. The Kier molecular flexibility index (Phi) is 2.30. The number of carbonyl (C=O) groups is 1. The fourth-order valence-corrected chi connectivity index (χ4v) is 0.808. The van der Waals surface area contributed by atoms with Crippen molar-refractivity contribution in [3.63, 3.8) is 0 Å². The van der Waals surface area contributed by atoms with E-state index < -0.39 is 0 Å². The third kappa shape index (κ3) is 2.01. The predicted octanol–water partition coefficient (Wildman–Crippen LogP) is 1.31. The van der Waals surface area contributed by atoms with Crippen LogP contribution in [-0.2, 0) is 4.79 Å². The van der Waals surface area contributed by atoms with E-state index in [1.54, 1.807) is 0 Å². The van der Waals surface area contributed by atoms with Gasteiger partial charge in [0.15, 0.2) is 0 Å². The smallest absolute Gasteiger partial charge is 0.223 e. The van der Waals surface area contributed by atoms with Crippen LogP contribution in [-0.4, -0.2) is 11.9 Å². The Hall–Kier alpha value is -0.530. The second-order valence-electron chi connectivity index (χ2n) is 3.09. The highest BCUT2D eigenvalue weighted by molar-refractivity contribution is 5.81. The average Bonchev–Trinajstić information content (AvgIpc) is 2.68. The molecular formula is C8H15NO. The summed E-state index contributed by atoms with van der Waals surface area (Å²) in [5.41, 5.74) is 0. The third-order valence-electron chi connectivity index (χ3n) is 1.95. The minimum Gasteiger partial charge on any atom is -0.353 e. The zero-order valence-corrected chi connectivity index (χ0v) is 6.68. The second-order valence-corrected chi connectivity index (χ2v) is 3.09. The third-order valence-corrected chi connectivity index (χ3v) is 1.95. The van der Waals surface area contributed by atoms with E-state index in [1.807, 2.05) is 6.92 Å². The fraction of sp³-hybridized carbons (Fsp3) is 0.875. The molecule has 1 N–H and O–H groups in total. The Labute approximate surface area is 62.0 Å². The van der Waals surface area contributed by atoms with Crippen LogP contribution in [0.15, 0.2) is 0 Å². The summed E-state index contributed by atoms with van der Waals surface area (Å²) in [6.07, 6.45) is 3.23. The summed E-state index contributed by atoms with van der Waals surface area (Å²) in [6, 6.07) is 0.355. The van der Waals surface area contributed by atoms with Gasteiger partial charge >= 0.3 is 0 Å². The molecule has 0 bridgehead atoms. The summed E-state index contributed by atoms with van der Waals surface area (Å²) < 4.78 is 0. The summed E-state index contributed by atoms with van der Waals surface area (Å²) >= 11 is 0. The number of nitrogens with one attached hydrogen (secondary N) is 1. The van der Waals surface area contributed by atoms with Crippen LogP contribution in [0.25, 0.3) is 0 Å². The first kappa shape index (κ1) is 7.58. The van der Waals surface area contributed by atoms with Gasteiger partial charge in [-0.25, -0.2) is 0 Å². The topological polar surface area (TPSA) is 29.1 Å². The van der Waals surface area contributed by atoms with Gasteiger partial charge in [-0.3, -0.25) is 4.79 Å². The van der Waals surface area contributed by atoms with Crippen molar-refractivity contribution in [3.05, 3.63) is 0 Å². The zero-order valence-electron chi connectivity index (χ0n) is 6.68. The van der Waals surface area contributed by atoms with Crippen molar-refractivity contribution in [2.45, 2.75) is 39.2 Å². The molecule has 1 amide bonds. The molecule has 0 aromatic carbocycles. The molecule has 1 saturated carbocycles. The first-order valence-corrected chi connectivity index (χ1v) is 4.04. The van der Waals surface area contributed by atoms with Gasteiger partial charge in [0, 0.05) is 12.0 Å². The molecule has 2 heteroatoms. The van der Waals surface area contributed by atoms with Gasteiger partial charge in [-0.15, -0.1) is 0 Å². The molecular weight excluding hydrogens is 126 g/mol. The van der Waals surface area contributed by atoms with E-state index in [0.29, 0.717) is 12.0 Å². The minimum absolute atomic E-state index is 0.259. The van der Waals surface area contributed by atoms with Gasteiger partial charge in [0.05, 0.1) is 0 Å². The van der Waals surface area contributed by atoms with E-state index in [-0.39, 0.29) is 5.91 Å². The Balaban J connectivity index is 2.16. The van der Waals surface area contributed by atoms with Crippen LogP contribution in [0.1, 0.15) is 33.1 Å². The Morgan fingerprint density at radius 3 is 2.70 bits per heavy atom. The zero-order chi connectivity index (χ0) is 7.56. The summed E-state index contributed by atoms with van der Waals surface area (Å²) in [4.78, 5) is 11.1.